The van der Waals surface area contributed by atoms with Crippen LogP contribution in [0.3, 0.4) is 0 Å². The third-order valence-corrected chi connectivity index (χ3v) is 7.89. The Labute approximate surface area is 229 Å². The van der Waals surface area contributed by atoms with Crippen LogP contribution in [0.4, 0.5) is 4.79 Å². The first-order chi connectivity index (χ1) is 18.2. The molecule has 0 bridgehead atoms. The van der Waals surface area contributed by atoms with Gasteiger partial charge in [0.2, 0.25) is 11.8 Å². The lowest BCUT2D eigenvalue weighted by atomic mass is 9.68. The van der Waals surface area contributed by atoms with Crippen molar-refractivity contribution in [1.29, 1.82) is 0 Å². The van der Waals surface area contributed by atoms with Crippen molar-refractivity contribution in [1.82, 2.24) is 4.90 Å². The van der Waals surface area contributed by atoms with Crippen LogP contribution in [-0.4, -0.2) is 57.9 Å². The predicted octanol–water partition coefficient (Wildman–Crippen LogP) is 4.53. The van der Waals surface area contributed by atoms with Gasteiger partial charge in [-0.25, -0.2) is 4.79 Å². The van der Waals surface area contributed by atoms with Gasteiger partial charge >= 0.3 is 6.09 Å². The van der Waals surface area contributed by atoms with Crippen LogP contribution in [0.5, 0.6) is 5.75 Å². The number of ether oxygens (including phenoxy) is 1. The van der Waals surface area contributed by atoms with E-state index in [9.17, 15) is 29.7 Å². The molecule has 2 aromatic rings. The van der Waals surface area contributed by atoms with Gasteiger partial charge in [-0.2, -0.15) is 4.90 Å². The smallest absolute Gasteiger partial charge is 0.423 e. The molecule has 1 saturated heterocycles. The van der Waals surface area contributed by atoms with Crippen LogP contribution < -0.4 is 0 Å². The first-order valence-electron chi connectivity index (χ1n) is 12.4. The van der Waals surface area contributed by atoms with E-state index in [1.165, 1.54) is 0 Å². The zero-order valence-electron chi connectivity index (χ0n) is 21.1. The number of amides is 3. The second-order valence-corrected chi connectivity index (χ2v) is 10.6. The molecule has 2 aliphatic rings. The average molecular weight is 584 g/mol. The molecule has 8 nitrogen and oxygen atoms in total. The van der Waals surface area contributed by atoms with E-state index in [0.29, 0.717) is 22.5 Å². The van der Waals surface area contributed by atoms with Gasteiger partial charge in [0.25, 0.3) is 0 Å². The summed E-state index contributed by atoms with van der Waals surface area (Å²) in [6, 6.07) is 14.8. The minimum Gasteiger partial charge on any atom is -0.507 e. The molecule has 0 aromatic heterocycles. The number of carbonyl (C=O) groups is 3. The molecule has 1 fully saturated rings. The minimum atomic E-state index is -1.04. The fourth-order valence-electron chi connectivity index (χ4n) is 5.62. The van der Waals surface area contributed by atoms with Crippen LogP contribution >= 0.6 is 15.9 Å². The Balaban J connectivity index is 1.62. The maximum absolute atomic E-state index is 13.1. The topological polar surface area (TPSA) is 124 Å². The van der Waals surface area contributed by atoms with Crippen molar-refractivity contribution in [3.05, 3.63) is 75.3 Å². The van der Waals surface area contributed by atoms with E-state index in [4.69, 9.17) is 0 Å². The number of carbonyl (C=O) groups excluding carboxylic acids is 3. The van der Waals surface area contributed by atoms with E-state index >= 15 is 0 Å². The number of fused-ring (bicyclic) bond motifs is 1. The maximum Gasteiger partial charge on any atom is 0.423 e. The molecule has 1 aliphatic heterocycles. The molecule has 0 spiro atoms. The number of nitrogens with zero attached hydrogens (tertiary/aromatic N) is 1. The third kappa shape index (κ3) is 5.32. The molecule has 200 valence electrons. The highest BCUT2D eigenvalue weighted by molar-refractivity contribution is 9.10. The number of rotatable bonds is 7. The Morgan fingerprint density at radius 3 is 2.55 bits per heavy atom. The standard InChI is InChI=1S/C29H30BrNO7/c1-16-12-21-26(28(36)31(27(21)35)29(37)38-2)22(15-32)25(16)24(34)10-8-18(17-6-4-3-5-7-17)13-19-14-20(30)9-11-23(19)33/h3-7,9,11,13-14,21-22,24,26,32-34H,8,10,12,15H2,1-2H3/b18-13-/t21-,22+,24-,26-/m1/s1. The summed E-state index contributed by atoms with van der Waals surface area (Å²) in [6.07, 6.45) is 0.752. The van der Waals surface area contributed by atoms with Gasteiger partial charge in [-0.3, -0.25) is 9.59 Å². The van der Waals surface area contributed by atoms with Crippen LogP contribution in [0.15, 0.2) is 64.1 Å². The van der Waals surface area contributed by atoms with Crippen molar-refractivity contribution in [2.45, 2.75) is 32.3 Å². The highest BCUT2D eigenvalue weighted by atomic mass is 79.9. The van der Waals surface area contributed by atoms with Crippen LogP contribution in [0.2, 0.25) is 0 Å². The van der Waals surface area contributed by atoms with Gasteiger partial charge in [0.1, 0.15) is 5.75 Å². The summed E-state index contributed by atoms with van der Waals surface area (Å²) in [4.78, 5) is 38.5. The molecule has 0 unspecified atom stereocenters. The first kappa shape index (κ1) is 27.8. The minimum absolute atomic E-state index is 0.124. The predicted molar refractivity (Wildman–Crippen MR) is 144 cm³/mol. The molecule has 3 amide bonds. The largest absolute Gasteiger partial charge is 0.507 e. The highest BCUT2D eigenvalue weighted by Crippen LogP contribution is 2.46. The van der Waals surface area contributed by atoms with Gasteiger partial charge in [0.15, 0.2) is 0 Å². The molecular formula is C29H30BrNO7. The first-order valence-corrected chi connectivity index (χ1v) is 13.2. The summed E-state index contributed by atoms with van der Waals surface area (Å²) < 4.78 is 5.43. The Morgan fingerprint density at radius 2 is 1.89 bits per heavy atom. The number of aliphatic hydroxyl groups is 2. The van der Waals surface area contributed by atoms with Crippen molar-refractivity contribution in [2.24, 2.45) is 17.8 Å². The fraction of sp³-hybridized carbons (Fsp3) is 0.345. The summed E-state index contributed by atoms with van der Waals surface area (Å²) in [6.45, 7) is 1.33. The van der Waals surface area contributed by atoms with Crippen molar-refractivity contribution < 1.29 is 34.4 Å². The SMILES string of the molecule is COC(=O)N1C(=O)[C@@H]2[C@@H](CC(C)=C([C@H](O)CC/C(=C/c3cc(Br)ccc3O)c3ccccc3)[C@@H]2CO)C1=O. The van der Waals surface area contributed by atoms with Gasteiger partial charge in [0, 0.05) is 16.0 Å². The molecule has 4 rings (SSSR count). The van der Waals surface area contributed by atoms with Gasteiger partial charge < -0.3 is 20.1 Å². The summed E-state index contributed by atoms with van der Waals surface area (Å²) in [5.74, 6) is -3.75. The summed E-state index contributed by atoms with van der Waals surface area (Å²) in [7, 11) is 1.10. The molecule has 0 saturated carbocycles. The number of allylic oxidation sites excluding steroid dienone is 2. The number of likely N-dealkylation sites (tertiary alicyclic amines) is 1. The lowest BCUT2D eigenvalue weighted by Crippen LogP contribution is -2.39. The van der Waals surface area contributed by atoms with Crippen LogP contribution in [-0.2, 0) is 14.3 Å². The van der Waals surface area contributed by atoms with E-state index in [-0.39, 0.29) is 18.6 Å². The molecule has 3 N–H and O–H groups in total. The van der Waals surface area contributed by atoms with Crippen molar-refractivity contribution in [2.75, 3.05) is 13.7 Å². The van der Waals surface area contributed by atoms with E-state index in [0.717, 1.165) is 28.3 Å². The number of hydrogen-bond donors (Lipinski definition) is 3. The Bertz CT molecular complexity index is 1300. The number of aromatic hydroxyl groups is 1. The third-order valence-electron chi connectivity index (χ3n) is 7.39. The Morgan fingerprint density at radius 1 is 1.18 bits per heavy atom. The van der Waals surface area contributed by atoms with Crippen LogP contribution in [0.25, 0.3) is 11.6 Å². The maximum atomic E-state index is 13.1. The molecule has 4 atom stereocenters. The fourth-order valence-corrected chi connectivity index (χ4v) is 6.00. The van der Waals surface area contributed by atoms with Crippen molar-refractivity contribution >= 4 is 45.5 Å². The molecular weight excluding hydrogens is 554 g/mol. The van der Waals surface area contributed by atoms with E-state index < -0.39 is 48.4 Å². The number of phenols is 1. The van der Waals surface area contributed by atoms with Gasteiger partial charge in [-0.1, -0.05) is 51.8 Å². The zero-order chi connectivity index (χ0) is 27.6. The molecule has 2 aromatic carbocycles. The van der Waals surface area contributed by atoms with Crippen LogP contribution in [0, 0.1) is 17.8 Å². The summed E-state index contributed by atoms with van der Waals surface area (Å²) >= 11 is 3.43. The number of imide groups is 3. The quantitative estimate of drug-likeness (QED) is 0.248. The normalized spacial score (nSPS) is 22.5. The van der Waals surface area contributed by atoms with Crippen molar-refractivity contribution in [3.63, 3.8) is 0 Å². The second-order valence-electron chi connectivity index (χ2n) is 9.64. The zero-order valence-corrected chi connectivity index (χ0v) is 22.7. The van der Waals surface area contributed by atoms with E-state index in [1.807, 2.05) is 36.4 Å². The van der Waals surface area contributed by atoms with Gasteiger partial charge in [0.05, 0.1) is 31.7 Å². The second kappa shape index (κ2) is 11.6. The lowest BCUT2D eigenvalue weighted by molar-refractivity contribution is -0.137. The van der Waals surface area contributed by atoms with Crippen molar-refractivity contribution in [3.8, 4) is 5.75 Å². The van der Waals surface area contributed by atoms with E-state index in [1.54, 1.807) is 25.1 Å². The molecule has 9 heteroatoms. The van der Waals surface area contributed by atoms with Gasteiger partial charge in [-0.05, 0) is 67.2 Å². The highest BCUT2D eigenvalue weighted by Gasteiger charge is 2.56. The number of aliphatic hydroxyl groups excluding tert-OH is 2. The summed E-state index contributed by atoms with van der Waals surface area (Å²) in [5, 5.41) is 32.0. The molecule has 0 radical (unpaired) electrons. The van der Waals surface area contributed by atoms with Gasteiger partial charge in [-0.15, -0.1) is 0 Å². The summed E-state index contributed by atoms with van der Waals surface area (Å²) in [5.41, 5.74) is 3.68. The van der Waals surface area contributed by atoms with Crippen LogP contribution in [0.1, 0.15) is 37.3 Å². The lowest BCUT2D eigenvalue weighted by Gasteiger charge is -2.35. The number of benzene rings is 2. The number of hydrogen-bond acceptors (Lipinski definition) is 7. The average Bonchev–Trinajstić information content (AvgIpc) is 3.16. The Kier molecular flexibility index (Phi) is 8.50. The monoisotopic (exact) mass is 583 g/mol. The molecule has 1 heterocycles. The number of phenolic OH excluding ortho intramolecular Hbond substituents is 1. The number of methoxy groups -OCH3 is 1. The van der Waals surface area contributed by atoms with E-state index in [2.05, 4.69) is 20.7 Å². The molecule has 38 heavy (non-hydrogen) atoms. The molecule has 1 aliphatic carbocycles. The Hall–Kier alpha value is -3.27. The number of halogens is 1.